The Bertz CT molecular complexity index is 916. The molecule has 0 fully saturated rings. The van der Waals surface area contributed by atoms with E-state index in [1.165, 1.54) is 32.0 Å². The molecule has 0 N–H and O–H groups in total. The number of ether oxygens (including phenoxy) is 2. The monoisotopic (exact) mass is 390 g/mol. The number of Topliss-reactive ketones (excluding diaryl/α,β-unsaturated/α-hetero) is 1. The summed E-state index contributed by atoms with van der Waals surface area (Å²) in [6.07, 6.45) is -1.06. The zero-order valence-electron chi connectivity index (χ0n) is 15.5. The van der Waals surface area contributed by atoms with Crippen LogP contribution in [0.25, 0.3) is 0 Å². The Morgan fingerprint density at radius 2 is 1.63 bits per heavy atom. The number of benzene rings is 2. The summed E-state index contributed by atoms with van der Waals surface area (Å²) < 4.78 is 34.9. The van der Waals surface area contributed by atoms with Crippen LogP contribution in [0.4, 0.5) is 0 Å². The summed E-state index contributed by atoms with van der Waals surface area (Å²) in [6.45, 7) is 5.32. The van der Waals surface area contributed by atoms with Crippen molar-refractivity contribution in [3.63, 3.8) is 0 Å². The Kier molecular flexibility index (Phi) is 6.74. The summed E-state index contributed by atoms with van der Waals surface area (Å²) in [5, 5.41) is 0. The van der Waals surface area contributed by atoms with E-state index in [0.29, 0.717) is 17.9 Å². The fraction of sp³-hybridized carbons (Fsp3) is 0.300. The second-order valence-electron chi connectivity index (χ2n) is 5.77. The topological polar surface area (TPSA) is 86.7 Å². The number of rotatable bonds is 8. The maximum atomic E-state index is 12.5. The predicted octanol–water partition coefficient (Wildman–Crippen LogP) is 3.31. The van der Waals surface area contributed by atoms with Crippen molar-refractivity contribution in [2.45, 2.75) is 31.8 Å². The summed E-state index contributed by atoms with van der Waals surface area (Å²) in [4.78, 5) is 24.8. The molecular formula is C20H22O6S. The number of carbonyl (C=O) groups is 2. The first-order valence-corrected chi connectivity index (χ1v) is 10.2. The number of hydrogen-bond donors (Lipinski definition) is 0. The second-order valence-corrected chi connectivity index (χ2v) is 8.02. The first-order valence-electron chi connectivity index (χ1n) is 8.60. The number of hydrogen-bond acceptors (Lipinski definition) is 6. The van der Waals surface area contributed by atoms with Gasteiger partial charge in [0.15, 0.2) is 15.9 Å². The highest BCUT2D eigenvalue weighted by Crippen LogP contribution is 2.20. The van der Waals surface area contributed by atoms with Gasteiger partial charge in [0, 0.05) is 5.56 Å². The lowest BCUT2D eigenvalue weighted by Gasteiger charge is -2.14. The first-order chi connectivity index (χ1) is 12.8. The van der Waals surface area contributed by atoms with Crippen LogP contribution in [0.1, 0.15) is 41.5 Å². The molecule has 2 aromatic carbocycles. The Balaban J connectivity index is 2.17. The number of carbonyl (C=O) groups excluding carboxylic acids is 2. The molecule has 2 rings (SSSR count). The molecule has 144 valence electrons. The van der Waals surface area contributed by atoms with Gasteiger partial charge in [-0.3, -0.25) is 4.79 Å². The van der Waals surface area contributed by atoms with Crippen molar-refractivity contribution in [3.05, 3.63) is 59.7 Å². The molecule has 0 spiro atoms. The van der Waals surface area contributed by atoms with Crippen LogP contribution in [-0.4, -0.2) is 38.6 Å². The summed E-state index contributed by atoms with van der Waals surface area (Å²) in [5.74, 6) is -0.744. The molecule has 6 nitrogen and oxygen atoms in total. The predicted molar refractivity (Wildman–Crippen MR) is 101 cm³/mol. The molecule has 0 heterocycles. The van der Waals surface area contributed by atoms with Gasteiger partial charge in [0.05, 0.1) is 22.8 Å². The van der Waals surface area contributed by atoms with Gasteiger partial charge in [0.1, 0.15) is 5.75 Å². The zero-order valence-corrected chi connectivity index (χ0v) is 16.3. The standard InChI is InChI=1S/C20H22O6S/c1-4-25-16-12-10-15(11-13-16)19(21)14(3)26-20(22)17-8-6-7-9-18(17)27(23,24)5-2/h6-14H,4-5H2,1-3H3/t14-/m0/s1. The third kappa shape index (κ3) is 4.95. The Hall–Kier alpha value is -2.67. The van der Waals surface area contributed by atoms with E-state index in [1.54, 1.807) is 30.3 Å². The molecule has 0 bridgehead atoms. The van der Waals surface area contributed by atoms with Crippen molar-refractivity contribution in [3.8, 4) is 5.75 Å². The molecule has 0 unspecified atom stereocenters. The Morgan fingerprint density at radius 1 is 1.00 bits per heavy atom. The van der Waals surface area contributed by atoms with Crippen molar-refractivity contribution in [2.24, 2.45) is 0 Å². The van der Waals surface area contributed by atoms with Gasteiger partial charge in [0.25, 0.3) is 0 Å². The summed E-state index contributed by atoms with van der Waals surface area (Å²) >= 11 is 0. The van der Waals surface area contributed by atoms with Gasteiger partial charge in [-0.15, -0.1) is 0 Å². The largest absolute Gasteiger partial charge is 0.494 e. The van der Waals surface area contributed by atoms with Crippen LogP contribution in [0.5, 0.6) is 5.75 Å². The van der Waals surface area contributed by atoms with Crippen LogP contribution >= 0.6 is 0 Å². The zero-order chi connectivity index (χ0) is 20.0. The van der Waals surface area contributed by atoms with Gasteiger partial charge in [-0.1, -0.05) is 19.1 Å². The molecule has 0 aliphatic carbocycles. The average molecular weight is 390 g/mol. The number of sulfone groups is 1. The molecule has 0 amide bonds. The Labute approximate surface area is 159 Å². The van der Waals surface area contributed by atoms with Gasteiger partial charge in [-0.25, -0.2) is 13.2 Å². The molecule has 0 saturated carbocycles. The lowest BCUT2D eigenvalue weighted by molar-refractivity contribution is 0.0315. The van der Waals surface area contributed by atoms with Crippen LogP contribution in [0.3, 0.4) is 0 Å². The molecule has 0 radical (unpaired) electrons. The minimum absolute atomic E-state index is 0.0781. The molecule has 0 aliphatic rings. The highest BCUT2D eigenvalue weighted by molar-refractivity contribution is 7.91. The minimum atomic E-state index is -3.59. The van der Waals surface area contributed by atoms with Crippen molar-refractivity contribution in [1.82, 2.24) is 0 Å². The number of ketones is 1. The van der Waals surface area contributed by atoms with E-state index < -0.39 is 21.9 Å². The van der Waals surface area contributed by atoms with Gasteiger partial charge >= 0.3 is 5.97 Å². The Morgan fingerprint density at radius 3 is 2.22 bits per heavy atom. The number of esters is 1. The maximum Gasteiger partial charge on any atom is 0.340 e. The van der Waals surface area contributed by atoms with E-state index in [2.05, 4.69) is 0 Å². The molecule has 1 atom stereocenters. The molecule has 27 heavy (non-hydrogen) atoms. The second kappa shape index (κ2) is 8.81. The van der Waals surface area contributed by atoms with Crippen LogP contribution in [0.15, 0.2) is 53.4 Å². The maximum absolute atomic E-state index is 12.5. The van der Waals surface area contributed by atoms with Crippen molar-refractivity contribution >= 4 is 21.6 Å². The first kappa shape index (κ1) is 20.6. The quantitative estimate of drug-likeness (QED) is 0.508. The SMILES string of the molecule is CCOc1ccc(C(=O)[C@H](C)OC(=O)c2ccccc2S(=O)(=O)CC)cc1. The lowest BCUT2D eigenvalue weighted by Crippen LogP contribution is -2.25. The highest BCUT2D eigenvalue weighted by atomic mass is 32.2. The molecule has 0 aliphatic heterocycles. The van der Waals surface area contributed by atoms with Crippen molar-refractivity contribution in [2.75, 3.05) is 12.4 Å². The van der Waals surface area contributed by atoms with E-state index in [-0.39, 0.29) is 22.0 Å². The minimum Gasteiger partial charge on any atom is -0.494 e. The van der Waals surface area contributed by atoms with Gasteiger partial charge in [0.2, 0.25) is 5.78 Å². The summed E-state index contributed by atoms with van der Waals surface area (Å²) in [7, 11) is -3.59. The van der Waals surface area contributed by atoms with Gasteiger partial charge < -0.3 is 9.47 Å². The summed E-state index contributed by atoms with van der Waals surface area (Å²) in [5.41, 5.74) is 0.291. The molecule has 2 aromatic rings. The van der Waals surface area contributed by atoms with Crippen molar-refractivity contribution < 1.29 is 27.5 Å². The molecular weight excluding hydrogens is 368 g/mol. The summed E-state index contributed by atoms with van der Waals surface area (Å²) in [6, 6.07) is 12.3. The van der Waals surface area contributed by atoms with Gasteiger partial charge in [-0.05, 0) is 50.2 Å². The molecule has 0 saturated heterocycles. The van der Waals surface area contributed by atoms with E-state index in [1.807, 2.05) is 6.92 Å². The smallest absolute Gasteiger partial charge is 0.340 e. The lowest BCUT2D eigenvalue weighted by atomic mass is 10.1. The van der Waals surface area contributed by atoms with Crippen LogP contribution in [-0.2, 0) is 14.6 Å². The fourth-order valence-electron chi connectivity index (χ4n) is 2.46. The third-order valence-electron chi connectivity index (χ3n) is 3.92. The van der Waals surface area contributed by atoms with E-state index in [0.717, 1.165) is 0 Å². The van der Waals surface area contributed by atoms with Crippen LogP contribution in [0.2, 0.25) is 0 Å². The third-order valence-corrected chi connectivity index (χ3v) is 5.71. The molecule has 7 heteroatoms. The van der Waals surface area contributed by atoms with E-state index >= 15 is 0 Å². The van der Waals surface area contributed by atoms with Gasteiger partial charge in [-0.2, -0.15) is 0 Å². The van der Waals surface area contributed by atoms with Crippen LogP contribution in [0, 0.1) is 0 Å². The van der Waals surface area contributed by atoms with E-state index in [4.69, 9.17) is 9.47 Å². The highest BCUT2D eigenvalue weighted by Gasteiger charge is 2.25. The molecule has 0 aromatic heterocycles. The van der Waals surface area contributed by atoms with Crippen molar-refractivity contribution in [1.29, 1.82) is 0 Å². The average Bonchev–Trinajstić information content (AvgIpc) is 2.68. The normalized spacial score (nSPS) is 12.3. The van der Waals surface area contributed by atoms with E-state index in [9.17, 15) is 18.0 Å². The van der Waals surface area contributed by atoms with Crippen LogP contribution < -0.4 is 4.74 Å². The fourth-order valence-corrected chi connectivity index (χ4v) is 3.54.